The summed E-state index contributed by atoms with van der Waals surface area (Å²) in [6.07, 6.45) is 0.927. The highest BCUT2D eigenvalue weighted by Crippen LogP contribution is 2.36. The summed E-state index contributed by atoms with van der Waals surface area (Å²) >= 11 is 1.35. The van der Waals surface area contributed by atoms with Gasteiger partial charge in [-0.2, -0.15) is 0 Å². The van der Waals surface area contributed by atoms with Crippen LogP contribution in [-0.2, 0) is 9.53 Å². The van der Waals surface area contributed by atoms with Gasteiger partial charge in [-0.3, -0.25) is 9.69 Å². The number of carbonyl (C=O) groups excluding carboxylic acids is 2. The smallest absolute Gasteiger partial charge is 0.348 e. The van der Waals surface area contributed by atoms with Crippen LogP contribution in [0.1, 0.15) is 41.3 Å². The Morgan fingerprint density at radius 1 is 1.21 bits per heavy atom. The van der Waals surface area contributed by atoms with E-state index in [0.29, 0.717) is 17.2 Å². The van der Waals surface area contributed by atoms with E-state index in [2.05, 4.69) is 27.0 Å². The lowest BCUT2D eigenvalue weighted by atomic mass is 10.1. The van der Waals surface area contributed by atoms with Gasteiger partial charge in [0.05, 0.1) is 19.0 Å². The van der Waals surface area contributed by atoms with Crippen LogP contribution in [0.3, 0.4) is 0 Å². The van der Waals surface area contributed by atoms with E-state index >= 15 is 0 Å². The summed E-state index contributed by atoms with van der Waals surface area (Å²) in [5, 5.41) is 3.94. The molecule has 1 amide bonds. The van der Waals surface area contributed by atoms with Crippen molar-refractivity contribution in [2.24, 2.45) is 0 Å². The number of thiophene rings is 1. The van der Waals surface area contributed by atoms with Crippen molar-refractivity contribution in [3.8, 4) is 0 Å². The van der Waals surface area contributed by atoms with Gasteiger partial charge in [0.15, 0.2) is 0 Å². The van der Waals surface area contributed by atoms with E-state index < -0.39 is 0 Å². The van der Waals surface area contributed by atoms with Gasteiger partial charge in [-0.1, -0.05) is 6.92 Å². The number of hydrogen-bond donors (Lipinski definition) is 1. The van der Waals surface area contributed by atoms with Gasteiger partial charge in [-0.25, -0.2) is 14.8 Å². The highest BCUT2D eigenvalue weighted by molar-refractivity contribution is 7.20. The van der Waals surface area contributed by atoms with Gasteiger partial charge >= 0.3 is 5.97 Å². The molecule has 3 heterocycles. The minimum atomic E-state index is -0.341. The first-order valence-electron chi connectivity index (χ1n) is 9.96. The SMILES string of the molecule is CCC(C)NC(=O)CN1CCN(c2nc(C)nc3sc(C(=O)OC)c(C)c23)CC1. The molecule has 0 aromatic carbocycles. The third-order valence-corrected chi connectivity index (χ3v) is 6.48. The Bertz CT molecular complexity index is 905. The van der Waals surface area contributed by atoms with Crippen LogP contribution in [-0.4, -0.2) is 72.6 Å². The molecule has 1 fully saturated rings. The molecule has 2 aromatic heterocycles. The summed E-state index contributed by atoms with van der Waals surface area (Å²) in [6, 6.07) is 0.201. The van der Waals surface area contributed by atoms with Crippen molar-refractivity contribution >= 4 is 39.2 Å². The zero-order valence-electron chi connectivity index (χ0n) is 17.7. The van der Waals surface area contributed by atoms with Gasteiger partial charge in [0.2, 0.25) is 5.91 Å². The number of piperazine rings is 1. The van der Waals surface area contributed by atoms with Crippen LogP contribution < -0.4 is 10.2 Å². The number of methoxy groups -OCH3 is 1. The van der Waals surface area contributed by atoms with E-state index in [0.717, 1.165) is 54.2 Å². The van der Waals surface area contributed by atoms with Crippen molar-refractivity contribution in [3.05, 3.63) is 16.3 Å². The second-order valence-corrected chi connectivity index (χ2v) is 8.46. The summed E-state index contributed by atoms with van der Waals surface area (Å²) in [5.41, 5.74) is 0.863. The zero-order valence-corrected chi connectivity index (χ0v) is 18.6. The maximum Gasteiger partial charge on any atom is 0.348 e. The van der Waals surface area contributed by atoms with Crippen molar-refractivity contribution in [2.45, 2.75) is 40.2 Å². The number of carbonyl (C=O) groups is 2. The molecule has 0 radical (unpaired) electrons. The van der Waals surface area contributed by atoms with Crippen molar-refractivity contribution in [2.75, 3.05) is 44.7 Å². The number of nitrogens with one attached hydrogen (secondary N) is 1. The van der Waals surface area contributed by atoms with E-state index in [1.807, 2.05) is 20.8 Å². The summed E-state index contributed by atoms with van der Waals surface area (Å²) in [7, 11) is 1.39. The molecule has 9 heteroatoms. The molecule has 1 atom stereocenters. The lowest BCUT2D eigenvalue weighted by Gasteiger charge is -2.35. The highest BCUT2D eigenvalue weighted by atomic mass is 32.1. The fraction of sp³-hybridized carbons (Fsp3) is 0.600. The molecule has 1 unspecified atom stereocenters. The average molecular weight is 420 g/mol. The predicted molar refractivity (Wildman–Crippen MR) is 115 cm³/mol. The Morgan fingerprint density at radius 3 is 2.52 bits per heavy atom. The number of ether oxygens (including phenoxy) is 1. The minimum Gasteiger partial charge on any atom is -0.465 e. The molecule has 29 heavy (non-hydrogen) atoms. The Hall–Kier alpha value is -2.26. The Morgan fingerprint density at radius 2 is 1.90 bits per heavy atom. The number of nitrogens with zero attached hydrogens (tertiary/aromatic N) is 4. The number of aromatic nitrogens is 2. The monoisotopic (exact) mass is 419 g/mol. The molecule has 2 aromatic rings. The number of amides is 1. The Balaban J connectivity index is 1.76. The fourth-order valence-electron chi connectivity index (χ4n) is 3.48. The summed E-state index contributed by atoms with van der Waals surface area (Å²) < 4.78 is 4.91. The molecule has 0 saturated carbocycles. The molecule has 0 spiro atoms. The Labute approximate surface area is 175 Å². The molecule has 158 valence electrons. The van der Waals surface area contributed by atoms with Gasteiger partial charge in [0.25, 0.3) is 0 Å². The number of rotatable bonds is 6. The summed E-state index contributed by atoms with van der Waals surface area (Å²) in [4.78, 5) is 39.3. The van der Waals surface area contributed by atoms with Gasteiger partial charge in [0, 0.05) is 32.2 Å². The number of esters is 1. The van der Waals surface area contributed by atoms with E-state index in [1.54, 1.807) is 0 Å². The molecule has 1 N–H and O–H groups in total. The number of anilines is 1. The third-order valence-electron chi connectivity index (χ3n) is 5.31. The van der Waals surface area contributed by atoms with Crippen molar-refractivity contribution in [3.63, 3.8) is 0 Å². The normalized spacial score (nSPS) is 16.1. The lowest BCUT2D eigenvalue weighted by Crippen LogP contribution is -2.50. The quantitative estimate of drug-likeness (QED) is 0.718. The molecule has 0 bridgehead atoms. The first kappa shape index (κ1) is 21.4. The van der Waals surface area contributed by atoms with Crippen LogP contribution in [0.4, 0.5) is 5.82 Å². The molecule has 8 nitrogen and oxygen atoms in total. The first-order chi connectivity index (χ1) is 13.8. The highest BCUT2D eigenvalue weighted by Gasteiger charge is 2.26. The van der Waals surface area contributed by atoms with Crippen LogP contribution >= 0.6 is 11.3 Å². The zero-order chi connectivity index (χ0) is 21.1. The van der Waals surface area contributed by atoms with Crippen LogP contribution in [0.25, 0.3) is 10.2 Å². The summed E-state index contributed by atoms with van der Waals surface area (Å²) in [5.74, 6) is 1.27. The second kappa shape index (κ2) is 9.04. The molecule has 1 saturated heterocycles. The molecular weight excluding hydrogens is 390 g/mol. The van der Waals surface area contributed by atoms with Gasteiger partial charge < -0.3 is 15.0 Å². The first-order valence-corrected chi connectivity index (χ1v) is 10.8. The fourth-order valence-corrected chi connectivity index (χ4v) is 4.62. The van der Waals surface area contributed by atoms with E-state index in [1.165, 1.54) is 18.4 Å². The molecule has 3 rings (SSSR count). The number of hydrogen-bond acceptors (Lipinski definition) is 8. The second-order valence-electron chi connectivity index (χ2n) is 7.46. The predicted octanol–water partition coefficient (Wildman–Crippen LogP) is 2.13. The largest absolute Gasteiger partial charge is 0.465 e. The summed E-state index contributed by atoms with van der Waals surface area (Å²) in [6.45, 7) is 11.4. The molecule has 1 aliphatic heterocycles. The van der Waals surface area contributed by atoms with Crippen LogP contribution in [0.5, 0.6) is 0 Å². The van der Waals surface area contributed by atoms with Crippen molar-refractivity contribution in [1.29, 1.82) is 0 Å². The van der Waals surface area contributed by atoms with Crippen molar-refractivity contribution in [1.82, 2.24) is 20.2 Å². The van der Waals surface area contributed by atoms with E-state index in [-0.39, 0.29) is 17.9 Å². The maximum atomic E-state index is 12.2. The van der Waals surface area contributed by atoms with E-state index in [4.69, 9.17) is 9.72 Å². The van der Waals surface area contributed by atoms with Crippen LogP contribution in [0.2, 0.25) is 0 Å². The van der Waals surface area contributed by atoms with Gasteiger partial charge in [-0.15, -0.1) is 11.3 Å². The molecular formula is C20H29N5O3S. The third kappa shape index (κ3) is 4.67. The van der Waals surface area contributed by atoms with Crippen LogP contribution in [0, 0.1) is 13.8 Å². The van der Waals surface area contributed by atoms with Crippen LogP contribution in [0.15, 0.2) is 0 Å². The van der Waals surface area contributed by atoms with Gasteiger partial charge in [-0.05, 0) is 32.8 Å². The van der Waals surface area contributed by atoms with E-state index in [9.17, 15) is 9.59 Å². The number of fused-ring (bicyclic) bond motifs is 1. The molecule has 0 aliphatic carbocycles. The average Bonchev–Trinajstić information content (AvgIpc) is 3.03. The Kier molecular flexibility index (Phi) is 6.69. The lowest BCUT2D eigenvalue weighted by molar-refractivity contribution is -0.122. The standard InChI is InChI=1S/C20H29N5O3S/c1-6-12(2)21-15(26)11-24-7-9-25(10-8-24)18-16-13(3)17(20(27)28-5)29-19(16)23-14(4)22-18/h12H,6-11H2,1-5H3,(H,21,26). The van der Waals surface area contributed by atoms with Gasteiger partial charge in [0.1, 0.15) is 21.3 Å². The molecule has 1 aliphatic rings. The maximum absolute atomic E-state index is 12.2. The van der Waals surface area contributed by atoms with Crippen molar-refractivity contribution < 1.29 is 14.3 Å². The minimum absolute atomic E-state index is 0.0736. The topological polar surface area (TPSA) is 87.7 Å². The number of aryl methyl sites for hydroxylation is 2.